The van der Waals surface area contributed by atoms with Crippen molar-refractivity contribution in [1.82, 2.24) is 4.90 Å². The maximum absolute atomic E-state index is 9.76. The summed E-state index contributed by atoms with van der Waals surface area (Å²) in [5.41, 5.74) is 1.04. The van der Waals surface area contributed by atoms with Crippen molar-refractivity contribution in [3.05, 3.63) is 35.9 Å². The average molecular weight is 235 g/mol. The van der Waals surface area contributed by atoms with E-state index in [-0.39, 0.29) is 24.7 Å². The molecule has 0 saturated carbocycles. The monoisotopic (exact) mass is 235 g/mol. The van der Waals surface area contributed by atoms with Crippen LogP contribution in [0.15, 0.2) is 30.3 Å². The van der Waals surface area contributed by atoms with Gasteiger partial charge < -0.3 is 10.2 Å². The van der Waals surface area contributed by atoms with Gasteiger partial charge in [-0.1, -0.05) is 30.3 Å². The predicted molar refractivity (Wildman–Crippen MR) is 67.7 cm³/mol. The van der Waals surface area contributed by atoms with Crippen LogP contribution in [0.5, 0.6) is 0 Å². The molecule has 1 fully saturated rings. The highest BCUT2D eigenvalue weighted by atomic mass is 16.3. The fourth-order valence-corrected chi connectivity index (χ4v) is 3.10. The Balaban J connectivity index is 2.34. The summed E-state index contributed by atoms with van der Waals surface area (Å²) in [7, 11) is 2.09. The maximum Gasteiger partial charge on any atom is 0.0507 e. The van der Waals surface area contributed by atoms with E-state index in [1.807, 2.05) is 18.2 Å². The maximum atomic E-state index is 9.76. The standard InChI is InChI=1S/C14H21NO2/c1-15-9-7-14(11-17,8-10-16)13(15)12-5-3-2-4-6-12/h2-6,13,16-17H,7-11H2,1H3/t13-,14-/m0/s1. The summed E-state index contributed by atoms with van der Waals surface area (Å²) in [6, 6.07) is 10.5. The van der Waals surface area contributed by atoms with Gasteiger partial charge in [0.1, 0.15) is 0 Å². The Morgan fingerprint density at radius 2 is 2.00 bits per heavy atom. The van der Waals surface area contributed by atoms with E-state index in [2.05, 4.69) is 24.1 Å². The molecule has 1 aliphatic rings. The Hall–Kier alpha value is -0.900. The third kappa shape index (κ3) is 2.23. The summed E-state index contributed by atoms with van der Waals surface area (Å²) < 4.78 is 0. The number of hydrogen-bond acceptors (Lipinski definition) is 3. The zero-order valence-electron chi connectivity index (χ0n) is 10.3. The van der Waals surface area contributed by atoms with Gasteiger partial charge >= 0.3 is 0 Å². The smallest absolute Gasteiger partial charge is 0.0507 e. The molecule has 0 aromatic heterocycles. The SMILES string of the molecule is CN1CC[C@@](CO)(CCO)[C@@H]1c1ccccc1. The van der Waals surface area contributed by atoms with E-state index in [1.165, 1.54) is 5.56 Å². The van der Waals surface area contributed by atoms with Crippen molar-refractivity contribution < 1.29 is 10.2 Å². The van der Waals surface area contributed by atoms with Gasteiger partial charge in [0.25, 0.3) is 0 Å². The third-order valence-electron chi connectivity index (χ3n) is 4.02. The Kier molecular flexibility index (Phi) is 3.82. The molecule has 94 valence electrons. The number of nitrogens with zero attached hydrogens (tertiary/aromatic N) is 1. The third-order valence-corrected chi connectivity index (χ3v) is 4.02. The van der Waals surface area contributed by atoms with E-state index in [9.17, 15) is 10.2 Å². The summed E-state index contributed by atoms with van der Waals surface area (Å²) in [5, 5.41) is 19.0. The van der Waals surface area contributed by atoms with E-state index in [4.69, 9.17) is 0 Å². The summed E-state index contributed by atoms with van der Waals surface area (Å²) in [6.07, 6.45) is 1.60. The van der Waals surface area contributed by atoms with Crippen LogP contribution in [0.4, 0.5) is 0 Å². The number of hydrogen-bond donors (Lipinski definition) is 2. The number of aliphatic hydroxyl groups is 2. The molecular formula is C14H21NO2. The van der Waals surface area contributed by atoms with E-state index >= 15 is 0 Å². The quantitative estimate of drug-likeness (QED) is 0.829. The minimum absolute atomic E-state index is 0.136. The summed E-state index contributed by atoms with van der Waals surface area (Å²) in [6.45, 7) is 1.25. The van der Waals surface area contributed by atoms with Crippen molar-refractivity contribution in [3.8, 4) is 0 Å². The molecule has 0 unspecified atom stereocenters. The summed E-state index contributed by atoms with van der Waals surface area (Å²) in [5.74, 6) is 0. The molecule has 1 aromatic rings. The molecule has 0 radical (unpaired) electrons. The van der Waals surface area contributed by atoms with E-state index in [0.717, 1.165) is 13.0 Å². The first-order valence-corrected chi connectivity index (χ1v) is 6.20. The van der Waals surface area contributed by atoms with Gasteiger partial charge in [-0.15, -0.1) is 0 Å². The zero-order chi connectivity index (χ0) is 12.3. The van der Waals surface area contributed by atoms with Crippen LogP contribution in [0.25, 0.3) is 0 Å². The minimum Gasteiger partial charge on any atom is -0.396 e. The van der Waals surface area contributed by atoms with Crippen LogP contribution in [0, 0.1) is 5.41 Å². The molecule has 0 bridgehead atoms. The average Bonchev–Trinajstić information content (AvgIpc) is 2.69. The molecule has 17 heavy (non-hydrogen) atoms. The largest absolute Gasteiger partial charge is 0.396 e. The lowest BCUT2D eigenvalue weighted by molar-refractivity contribution is 0.0562. The Labute approximate surface area is 103 Å². The Morgan fingerprint density at radius 3 is 2.59 bits per heavy atom. The molecule has 0 amide bonds. The van der Waals surface area contributed by atoms with E-state index < -0.39 is 0 Å². The van der Waals surface area contributed by atoms with Crippen molar-refractivity contribution in [2.45, 2.75) is 18.9 Å². The van der Waals surface area contributed by atoms with Gasteiger partial charge in [-0.2, -0.15) is 0 Å². The fraction of sp³-hybridized carbons (Fsp3) is 0.571. The van der Waals surface area contributed by atoms with Crippen LogP contribution in [-0.2, 0) is 0 Å². The lowest BCUT2D eigenvalue weighted by atomic mass is 9.75. The highest BCUT2D eigenvalue weighted by molar-refractivity contribution is 5.23. The van der Waals surface area contributed by atoms with E-state index in [1.54, 1.807) is 0 Å². The van der Waals surface area contributed by atoms with Crippen molar-refractivity contribution in [2.75, 3.05) is 26.8 Å². The number of rotatable bonds is 4. The number of benzene rings is 1. The van der Waals surface area contributed by atoms with Gasteiger partial charge in [0.05, 0.1) is 6.61 Å². The normalized spacial score (nSPS) is 29.7. The zero-order valence-corrected chi connectivity index (χ0v) is 10.3. The highest BCUT2D eigenvalue weighted by Gasteiger charge is 2.45. The van der Waals surface area contributed by atoms with Crippen LogP contribution < -0.4 is 0 Å². The van der Waals surface area contributed by atoms with E-state index in [0.29, 0.717) is 6.42 Å². The first-order chi connectivity index (χ1) is 8.23. The predicted octanol–water partition coefficient (Wildman–Crippen LogP) is 1.42. The molecule has 1 saturated heterocycles. The number of likely N-dealkylation sites (tertiary alicyclic amines) is 1. The molecular weight excluding hydrogens is 214 g/mol. The van der Waals surface area contributed by atoms with Crippen molar-refractivity contribution >= 4 is 0 Å². The van der Waals surface area contributed by atoms with Gasteiger partial charge in [-0.05, 0) is 32.0 Å². The molecule has 1 aliphatic heterocycles. The highest BCUT2D eigenvalue weighted by Crippen LogP contribution is 2.48. The van der Waals surface area contributed by atoms with Crippen LogP contribution in [-0.4, -0.2) is 41.9 Å². The van der Waals surface area contributed by atoms with Crippen LogP contribution >= 0.6 is 0 Å². The molecule has 3 heteroatoms. The minimum atomic E-state index is -0.190. The first-order valence-electron chi connectivity index (χ1n) is 6.20. The van der Waals surface area contributed by atoms with Crippen LogP contribution in [0.1, 0.15) is 24.4 Å². The lowest BCUT2D eigenvalue weighted by Crippen LogP contribution is -2.34. The second-order valence-corrected chi connectivity index (χ2v) is 5.04. The van der Waals surface area contributed by atoms with Gasteiger partial charge in [0.15, 0.2) is 0 Å². The molecule has 3 nitrogen and oxygen atoms in total. The van der Waals surface area contributed by atoms with Crippen LogP contribution in [0.3, 0.4) is 0 Å². The second-order valence-electron chi connectivity index (χ2n) is 5.04. The van der Waals surface area contributed by atoms with Gasteiger partial charge in [-0.25, -0.2) is 0 Å². The molecule has 1 heterocycles. The fourth-order valence-electron chi connectivity index (χ4n) is 3.10. The lowest BCUT2D eigenvalue weighted by Gasteiger charge is -2.35. The van der Waals surface area contributed by atoms with Gasteiger partial charge in [-0.3, -0.25) is 4.90 Å². The molecule has 0 spiro atoms. The molecule has 2 N–H and O–H groups in total. The first kappa shape index (κ1) is 12.6. The van der Waals surface area contributed by atoms with Crippen LogP contribution in [0.2, 0.25) is 0 Å². The number of aliphatic hydroxyl groups excluding tert-OH is 2. The van der Waals surface area contributed by atoms with Gasteiger partial charge in [0, 0.05) is 18.1 Å². The topological polar surface area (TPSA) is 43.7 Å². The molecule has 1 aromatic carbocycles. The van der Waals surface area contributed by atoms with Gasteiger partial charge in [0.2, 0.25) is 0 Å². The molecule has 2 atom stereocenters. The summed E-state index contributed by atoms with van der Waals surface area (Å²) >= 11 is 0. The van der Waals surface area contributed by atoms with Crippen molar-refractivity contribution in [3.63, 3.8) is 0 Å². The summed E-state index contributed by atoms with van der Waals surface area (Å²) in [4.78, 5) is 2.28. The second kappa shape index (κ2) is 5.17. The van der Waals surface area contributed by atoms with Crippen molar-refractivity contribution in [1.29, 1.82) is 0 Å². The molecule has 0 aliphatic carbocycles. The van der Waals surface area contributed by atoms with Crippen molar-refractivity contribution in [2.24, 2.45) is 5.41 Å². The Bertz CT molecular complexity index is 350. The Morgan fingerprint density at radius 1 is 1.29 bits per heavy atom. The molecule has 2 rings (SSSR count).